The number of benzene rings is 2. The number of nitrogens with one attached hydrogen (secondary N) is 1. The molecule has 0 aliphatic rings. The zero-order valence-corrected chi connectivity index (χ0v) is 13.6. The smallest absolute Gasteiger partial charge is 0.406 e. The van der Waals surface area contributed by atoms with E-state index in [0.29, 0.717) is 5.69 Å². The number of anilines is 1. The molecule has 0 aliphatic heterocycles. The van der Waals surface area contributed by atoms with Gasteiger partial charge < -0.3 is 10.1 Å². The fourth-order valence-corrected chi connectivity index (χ4v) is 2.22. The quantitative estimate of drug-likeness (QED) is 0.759. The Morgan fingerprint density at radius 2 is 1.63 bits per heavy atom. The van der Waals surface area contributed by atoms with Crippen LogP contribution in [0.2, 0.25) is 0 Å². The van der Waals surface area contributed by atoms with Gasteiger partial charge >= 0.3 is 6.36 Å². The molecule has 3 rings (SSSR count). The number of para-hydroxylation sites is 1. The molecule has 0 aliphatic carbocycles. The number of nitrogens with zero attached hydrogens (tertiary/aromatic N) is 2. The van der Waals surface area contributed by atoms with Crippen LogP contribution in [0.4, 0.5) is 18.9 Å². The molecule has 0 unspecified atom stereocenters. The Hall–Kier alpha value is -3.62. The maximum atomic E-state index is 12.3. The summed E-state index contributed by atoms with van der Waals surface area (Å²) in [5, 5.41) is 6.52. The van der Waals surface area contributed by atoms with Crippen molar-refractivity contribution in [3.8, 4) is 11.4 Å². The van der Waals surface area contributed by atoms with Gasteiger partial charge in [-0.3, -0.25) is 9.59 Å². The first-order valence-corrected chi connectivity index (χ1v) is 7.65. The second-order valence-electron chi connectivity index (χ2n) is 5.33. The number of carbonyl (C=O) groups is 1. The first-order valence-electron chi connectivity index (χ1n) is 7.65. The van der Waals surface area contributed by atoms with E-state index in [1.807, 2.05) is 0 Å². The topological polar surface area (TPSA) is 73.2 Å². The molecule has 0 saturated heterocycles. The Kier molecular flexibility index (Phi) is 4.93. The lowest BCUT2D eigenvalue weighted by Crippen LogP contribution is -2.24. The van der Waals surface area contributed by atoms with Crippen LogP contribution < -0.4 is 15.6 Å². The van der Waals surface area contributed by atoms with Gasteiger partial charge in [0.15, 0.2) is 0 Å². The number of aromatic nitrogens is 2. The highest BCUT2D eigenvalue weighted by Crippen LogP contribution is 2.24. The lowest BCUT2D eigenvalue weighted by molar-refractivity contribution is -0.274. The zero-order valence-electron chi connectivity index (χ0n) is 13.6. The molecule has 1 N–H and O–H groups in total. The van der Waals surface area contributed by atoms with Gasteiger partial charge in [0.2, 0.25) is 0 Å². The summed E-state index contributed by atoms with van der Waals surface area (Å²) in [5.74, 6) is -1.03. The molecule has 1 heterocycles. The molecule has 0 atom stereocenters. The third-order valence-electron chi connectivity index (χ3n) is 3.38. The number of hydrogen-bond donors (Lipinski definition) is 1. The van der Waals surface area contributed by atoms with Crippen molar-refractivity contribution in [3.63, 3.8) is 0 Å². The van der Waals surface area contributed by atoms with E-state index in [9.17, 15) is 22.8 Å². The highest BCUT2D eigenvalue weighted by molar-refractivity contribution is 6.02. The van der Waals surface area contributed by atoms with Gasteiger partial charge in [0.25, 0.3) is 11.5 Å². The number of amides is 1. The molecule has 0 spiro atoms. The van der Waals surface area contributed by atoms with Crippen molar-refractivity contribution in [1.29, 1.82) is 0 Å². The Bertz CT molecular complexity index is 1000. The molecule has 3 aromatic rings. The number of carbonyl (C=O) groups excluding carboxylic acids is 1. The van der Waals surface area contributed by atoms with Gasteiger partial charge in [0.1, 0.15) is 11.4 Å². The van der Waals surface area contributed by atoms with Gasteiger partial charge in [-0.25, -0.2) is 0 Å². The van der Waals surface area contributed by atoms with Crippen LogP contribution in [-0.4, -0.2) is 22.1 Å². The minimum absolute atomic E-state index is 0.0333. The molecule has 0 fully saturated rings. The molecule has 27 heavy (non-hydrogen) atoms. The van der Waals surface area contributed by atoms with Crippen molar-refractivity contribution in [2.24, 2.45) is 0 Å². The van der Waals surface area contributed by atoms with E-state index in [0.717, 1.165) is 16.8 Å². The van der Waals surface area contributed by atoms with Gasteiger partial charge in [-0.15, -0.1) is 13.2 Å². The maximum Gasteiger partial charge on any atom is 0.573 e. The summed E-state index contributed by atoms with van der Waals surface area (Å²) in [7, 11) is 0. The van der Waals surface area contributed by atoms with Gasteiger partial charge in [-0.2, -0.15) is 9.78 Å². The second kappa shape index (κ2) is 7.32. The Morgan fingerprint density at radius 1 is 0.963 bits per heavy atom. The van der Waals surface area contributed by atoms with Crippen molar-refractivity contribution in [2.45, 2.75) is 6.36 Å². The number of halogens is 3. The maximum absolute atomic E-state index is 12.3. The first-order chi connectivity index (χ1) is 12.8. The summed E-state index contributed by atoms with van der Waals surface area (Å²) in [6.45, 7) is 0. The van der Waals surface area contributed by atoms with E-state index in [-0.39, 0.29) is 11.4 Å². The number of ether oxygens (including phenoxy) is 1. The van der Waals surface area contributed by atoms with Crippen molar-refractivity contribution >= 4 is 11.6 Å². The van der Waals surface area contributed by atoms with E-state index in [4.69, 9.17) is 0 Å². The average molecular weight is 375 g/mol. The van der Waals surface area contributed by atoms with Crippen LogP contribution in [0.5, 0.6) is 5.75 Å². The lowest BCUT2D eigenvalue weighted by atomic mass is 10.3. The van der Waals surface area contributed by atoms with Gasteiger partial charge in [0, 0.05) is 11.8 Å². The fourth-order valence-electron chi connectivity index (χ4n) is 2.22. The molecular formula is C18H12F3N3O3. The minimum atomic E-state index is -4.79. The van der Waals surface area contributed by atoms with Crippen LogP contribution in [0.15, 0.2) is 71.5 Å². The molecular weight excluding hydrogens is 363 g/mol. The normalized spacial score (nSPS) is 11.1. The van der Waals surface area contributed by atoms with E-state index < -0.39 is 23.6 Å². The molecule has 9 heteroatoms. The van der Waals surface area contributed by atoms with Crippen molar-refractivity contribution in [2.75, 3.05) is 5.32 Å². The molecule has 2 aromatic carbocycles. The predicted octanol–water partition coefficient (Wildman–Crippen LogP) is 3.38. The van der Waals surface area contributed by atoms with Crippen LogP contribution in [0.25, 0.3) is 5.69 Å². The second-order valence-corrected chi connectivity index (χ2v) is 5.33. The van der Waals surface area contributed by atoms with Crippen molar-refractivity contribution < 1.29 is 22.7 Å². The monoisotopic (exact) mass is 375 g/mol. The number of rotatable bonds is 4. The summed E-state index contributed by atoms with van der Waals surface area (Å²) in [6, 6.07) is 15.7. The standard InChI is InChI=1S/C18H12F3N3O3/c19-18(20,21)27-14-8-6-12(7-9-14)22-17(26)15-10-11-16(25)24(23-15)13-4-2-1-3-5-13/h1-11H,(H,22,26). The highest BCUT2D eigenvalue weighted by Gasteiger charge is 2.30. The van der Waals surface area contributed by atoms with Crippen LogP contribution >= 0.6 is 0 Å². The van der Waals surface area contributed by atoms with Crippen LogP contribution in [-0.2, 0) is 0 Å². The van der Waals surface area contributed by atoms with E-state index in [1.165, 1.54) is 24.3 Å². The summed E-state index contributed by atoms with van der Waals surface area (Å²) >= 11 is 0. The summed E-state index contributed by atoms with van der Waals surface area (Å²) in [6.07, 6.45) is -4.79. The lowest BCUT2D eigenvalue weighted by Gasteiger charge is -2.10. The molecule has 1 amide bonds. The van der Waals surface area contributed by atoms with Crippen molar-refractivity contribution in [3.05, 3.63) is 82.8 Å². The molecule has 0 radical (unpaired) electrons. The third kappa shape index (κ3) is 4.72. The highest BCUT2D eigenvalue weighted by atomic mass is 19.4. The fraction of sp³-hybridized carbons (Fsp3) is 0.0556. The van der Waals surface area contributed by atoms with E-state index in [2.05, 4.69) is 15.2 Å². The van der Waals surface area contributed by atoms with Crippen LogP contribution in [0, 0.1) is 0 Å². The van der Waals surface area contributed by atoms with Crippen LogP contribution in [0.1, 0.15) is 10.5 Å². The van der Waals surface area contributed by atoms with Gasteiger partial charge in [0.05, 0.1) is 5.69 Å². The Balaban J connectivity index is 1.78. The average Bonchev–Trinajstić information content (AvgIpc) is 2.63. The van der Waals surface area contributed by atoms with E-state index >= 15 is 0 Å². The first kappa shape index (κ1) is 18.2. The van der Waals surface area contributed by atoms with Crippen LogP contribution in [0.3, 0.4) is 0 Å². The molecule has 1 aromatic heterocycles. The largest absolute Gasteiger partial charge is 0.573 e. The van der Waals surface area contributed by atoms with Gasteiger partial charge in [-0.1, -0.05) is 18.2 Å². The Morgan fingerprint density at radius 3 is 2.26 bits per heavy atom. The minimum Gasteiger partial charge on any atom is -0.406 e. The van der Waals surface area contributed by atoms with E-state index in [1.54, 1.807) is 30.3 Å². The number of hydrogen-bond acceptors (Lipinski definition) is 4. The summed E-state index contributed by atoms with van der Waals surface area (Å²) in [5.41, 5.74) is 0.292. The number of alkyl halides is 3. The molecule has 6 nitrogen and oxygen atoms in total. The van der Waals surface area contributed by atoms with Gasteiger partial charge in [-0.05, 0) is 42.5 Å². The Labute approximate surface area is 150 Å². The SMILES string of the molecule is O=C(Nc1ccc(OC(F)(F)F)cc1)c1ccc(=O)n(-c2ccccc2)n1. The third-order valence-corrected chi connectivity index (χ3v) is 3.38. The summed E-state index contributed by atoms with van der Waals surface area (Å²) < 4.78 is 41.3. The summed E-state index contributed by atoms with van der Waals surface area (Å²) in [4.78, 5) is 24.3. The molecule has 0 saturated carbocycles. The zero-order chi connectivity index (χ0) is 19.4. The van der Waals surface area contributed by atoms with Crippen molar-refractivity contribution in [1.82, 2.24) is 9.78 Å². The molecule has 138 valence electrons. The molecule has 0 bridgehead atoms. The predicted molar refractivity (Wildman–Crippen MR) is 90.9 cm³/mol.